The molecule has 0 fully saturated rings. The highest BCUT2D eigenvalue weighted by atomic mass is 79.9. The second-order valence-electron chi connectivity index (χ2n) is 5.31. The van der Waals surface area contributed by atoms with E-state index in [1.54, 1.807) is 13.0 Å². The van der Waals surface area contributed by atoms with Crippen molar-refractivity contribution in [3.05, 3.63) is 22.2 Å². The zero-order chi connectivity index (χ0) is 16.3. The van der Waals surface area contributed by atoms with E-state index in [-0.39, 0.29) is 18.0 Å². The molecule has 0 saturated carbocycles. The Bertz CT molecular complexity index is 590. The highest BCUT2D eigenvalue weighted by Gasteiger charge is 2.28. The Morgan fingerprint density at radius 2 is 1.90 bits per heavy atom. The highest BCUT2D eigenvalue weighted by Crippen LogP contribution is 2.28. The molecule has 0 bridgehead atoms. The van der Waals surface area contributed by atoms with Gasteiger partial charge in [-0.1, -0.05) is 29.8 Å². The topological polar surface area (TPSA) is 92.4 Å². The van der Waals surface area contributed by atoms with Crippen LogP contribution in [0.15, 0.2) is 21.5 Å². The van der Waals surface area contributed by atoms with Gasteiger partial charge >= 0.3 is 0 Å². The molecule has 0 radical (unpaired) electrons. The van der Waals surface area contributed by atoms with Crippen molar-refractivity contribution >= 4 is 31.6 Å². The Morgan fingerprint density at radius 1 is 1.33 bits per heavy atom. The molecular weight excluding hydrogens is 356 g/mol. The van der Waals surface area contributed by atoms with E-state index in [9.17, 15) is 13.5 Å². The second kappa shape index (κ2) is 7.09. The lowest BCUT2D eigenvalue weighted by Gasteiger charge is -2.29. The number of hydrogen-bond donors (Lipinski definition) is 3. The Balaban J connectivity index is 3.08. The van der Waals surface area contributed by atoms with Gasteiger partial charge in [0, 0.05) is 28.7 Å². The monoisotopic (exact) mass is 378 g/mol. The van der Waals surface area contributed by atoms with Crippen LogP contribution in [0.4, 0.5) is 5.69 Å². The van der Waals surface area contributed by atoms with Crippen LogP contribution in [0.3, 0.4) is 0 Å². The van der Waals surface area contributed by atoms with E-state index in [2.05, 4.69) is 20.7 Å². The predicted octanol–water partition coefficient (Wildman–Crippen LogP) is 2.42. The molecular formula is C14H23BrN2O3S. The fourth-order valence-corrected chi connectivity index (χ4v) is 4.14. The summed E-state index contributed by atoms with van der Waals surface area (Å²) in [5.41, 5.74) is 6.33. The maximum atomic E-state index is 12.5. The second-order valence-corrected chi connectivity index (χ2v) is 7.96. The van der Waals surface area contributed by atoms with Crippen LogP contribution in [0, 0.1) is 12.3 Å². The third-order valence-electron chi connectivity index (χ3n) is 4.13. The number of benzene rings is 1. The third kappa shape index (κ3) is 4.18. The predicted molar refractivity (Wildman–Crippen MR) is 88.6 cm³/mol. The van der Waals surface area contributed by atoms with Gasteiger partial charge in [-0.05, 0) is 37.5 Å². The molecule has 7 heteroatoms. The van der Waals surface area contributed by atoms with Crippen LogP contribution < -0.4 is 10.5 Å². The lowest BCUT2D eigenvalue weighted by Crippen LogP contribution is -2.39. The standard InChI is InChI=1S/C14H23BrN2O3S/c1-4-14(5-2,9-18)8-17-21(19,20)13-7-11(15)6-12(16)10(13)3/h6-7,17-18H,4-5,8-9,16H2,1-3H3. The van der Waals surface area contributed by atoms with Crippen molar-refractivity contribution in [1.82, 2.24) is 4.72 Å². The van der Waals surface area contributed by atoms with Gasteiger partial charge < -0.3 is 10.8 Å². The summed E-state index contributed by atoms with van der Waals surface area (Å²) >= 11 is 3.26. The summed E-state index contributed by atoms with van der Waals surface area (Å²) in [5, 5.41) is 9.52. The van der Waals surface area contributed by atoms with E-state index in [0.717, 1.165) is 0 Å². The number of nitrogen functional groups attached to an aromatic ring is 1. The van der Waals surface area contributed by atoms with Gasteiger partial charge in [0.15, 0.2) is 0 Å². The van der Waals surface area contributed by atoms with Crippen molar-refractivity contribution in [2.75, 3.05) is 18.9 Å². The van der Waals surface area contributed by atoms with Gasteiger partial charge in [-0.2, -0.15) is 0 Å². The van der Waals surface area contributed by atoms with E-state index >= 15 is 0 Å². The van der Waals surface area contributed by atoms with Gasteiger partial charge in [0.2, 0.25) is 10.0 Å². The largest absolute Gasteiger partial charge is 0.398 e. The summed E-state index contributed by atoms with van der Waals surface area (Å²) in [7, 11) is -3.67. The molecule has 21 heavy (non-hydrogen) atoms. The Kier molecular flexibility index (Phi) is 6.22. The molecule has 0 spiro atoms. The number of anilines is 1. The molecule has 0 aromatic heterocycles. The minimum Gasteiger partial charge on any atom is -0.398 e. The van der Waals surface area contributed by atoms with Crippen molar-refractivity contribution in [2.24, 2.45) is 5.41 Å². The van der Waals surface area contributed by atoms with Crippen molar-refractivity contribution in [2.45, 2.75) is 38.5 Å². The molecule has 0 saturated heterocycles. The van der Waals surface area contributed by atoms with E-state index in [1.807, 2.05) is 13.8 Å². The normalized spacial score (nSPS) is 12.6. The van der Waals surface area contributed by atoms with Gasteiger partial charge in [-0.3, -0.25) is 0 Å². The number of hydrogen-bond acceptors (Lipinski definition) is 4. The summed E-state index contributed by atoms with van der Waals surface area (Å²) < 4.78 is 28.2. The summed E-state index contributed by atoms with van der Waals surface area (Å²) in [5.74, 6) is 0. The van der Waals surface area contributed by atoms with Crippen LogP contribution in [0.1, 0.15) is 32.3 Å². The average molecular weight is 379 g/mol. The van der Waals surface area contributed by atoms with Crippen LogP contribution >= 0.6 is 15.9 Å². The summed E-state index contributed by atoms with van der Waals surface area (Å²) in [4.78, 5) is 0.161. The molecule has 4 N–H and O–H groups in total. The molecule has 0 amide bonds. The number of aliphatic hydroxyl groups is 1. The van der Waals surface area contributed by atoms with Crippen molar-refractivity contribution < 1.29 is 13.5 Å². The molecule has 5 nitrogen and oxygen atoms in total. The maximum Gasteiger partial charge on any atom is 0.240 e. The van der Waals surface area contributed by atoms with Gasteiger partial charge in [-0.25, -0.2) is 13.1 Å². The Morgan fingerprint density at radius 3 is 2.38 bits per heavy atom. The van der Waals surface area contributed by atoms with E-state index in [0.29, 0.717) is 28.6 Å². The molecule has 1 aromatic carbocycles. The Labute approximate surface area is 135 Å². The number of nitrogens with one attached hydrogen (secondary N) is 1. The summed E-state index contributed by atoms with van der Waals surface area (Å²) in [6, 6.07) is 3.21. The molecule has 0 heterocycles. The zero-order valence-electron chi connectivity index (χ0n) is 12.6. The van der Waals surface area contributed by atoms with Crippen LogP contribution in [-0.4, -0.2) is 26.7 Å². The first-order valence-electron chi connectivity index (χ1n) is 6.87. The molecule has 0 aliphatic heterocycles. The molecule has 0 atom stereocenters. The lowest BCUT2D eigenvalue weighted by atomic mass is 9.84. The third-order valence-corrected chi connectivity index (χ3v) is 6.11. The Hall–Kier alpha value is -0.630. The number of nitrogens with two attached hydrogens (primary N) is 1. The first kappa shape index (κ1) is 18.4. The molecule has 120 valence electrons. The van der Waals surface area contributed by atoms with Crippen molar-refractivity contribution in [3.8, 4) is 0 Å². The van der Waals surface area contributed by atoms with Crippen LogP contribution in [0.2, 0.25) is 0 Å². The minimum absolute atomic E-state index is 0.0534. The first-order valence-corrected chi connectivity index (χ1v) is 9.15. The molecule has 0 unspecified atom stereocenters. The van der Waals surface area contributed by atoms with E-state index in [1.165, 1.54) is 6.07 Å². The molecule has 0 aliphatic rings. The number of halogens is 1. The van der Waals surface area contributed by atoms with Gasteiger partial charge in [-0.15, -0.1) is 0 Å². The van der Waals surface area contributed by atoms with E-state index < -0.39 is 15.4 Å². The average Bonchev–Trinajstić information content (AvgIpc) is 2.45. The number of sulfonamides is 1. The molecule has 0 aliphatic carbocycles. The van der Waals surface area contributed by atoms with Gasteiger partial charge in [0.25, 0.3) is 0 Å². The molecule has 1 aromatic rings. The van der Waals surface area contributed by atoms with Crippen LogP contribution in [0.25, 0.3) is 0 Å². The fourth-order valence-electron chi connectivity index (χ4n) is 2.06. The van der Waals surface area contributed by atoms with E-state index in [4.69, 9.17) is 5.73 Å². The van der Waals surface area contributed by atoms with Gasteiger partial charge in [0.1, 0.15) is 0 Å². The number of aliphatic hydroxyl groups excluding tert-OH is 1. The zero-order valence-corrected chi connectivity index (χ0v) is 15.0. The SMILES string of the molecule is CCC(CC)(CO)CNS(=O)(=O)c1cc(Br)cc(N)c1C. The smallest absolute Gasteiger partial charge is 0.240 e. The van der Waals surface area contributed by atoms with Crippen LogP contribution in [0.5, 0.6) is 0 Å². The fraction of sp³-hybridized carbons (Fsp3) is 0.571. The van der Waals surface area contributed by atoms with Crippen molar-refractivity contribution in [1.29, 1.82) is 0 Å². The maximum absolute atomic E-state index is 12.5. The quantitative estimate of drug-likeness (QED) is 0.635. The van der Waals surface area contributed by atoms with Gasteiger partial charge in [0.05, 0.1) is 4.90 Å². The van der Waals surface area contributed by atoms with Crippen molar-refractivity contribution in [3.63, 3.8) is 0 Å². The van der Waals surface area contributed by atoms with Crippen LogP contribution in [-0.2, 0) is 10.0 Å². The highest BCUT2D eigenvalue weighted by molar-refractivity contribution is 9.10. The molecule has 1 rings (SSSR count). The first-order chi connectivity index (χ1) is 9.71. The summed E-state index contributed by atoms with van der Waals surface area (Å²) in [6.07, 6.45) is 1.39. The summed E-state index contributed by atoms with van der Waals surface area (Å²) in [6.45, 7) is 5.70. The number of rotatable bonds is 7. The minimum atomic E-state index is -3.67. The lowest BCUT2D eigenvalue weighted by molar-refractivity contribution is 0.119.